The van der Waals surface area contributed by atoms with Gasteiger partial charge in [-0.1, -0.05) is 74.2 Å². The molecule has 8 aromatic rings. The van der Waals surface area contributed by atoms with E-state index in [2.05, 4.69) is 87.1 Å². The van der Waals surface area contributed by atoms with Crippen LogP contribution in [0.2, 0.25) is 0 Å². The highest BCUT2D eigenvalue weighted by molar-refractivity contribution is 7.13. The van der Waals surface area contributed by atoms with Crippen LogP contribution in [0, 0.1) is 0 Å². The van der Waals surface area contributed by atoms with E-state index in [-0.39, 0.29) is 5.56 Å². The van der Waals surface area contributed by atoms with Gasteiger partial charge in [-0.25, -0.2) is 14.8 Å². The van der Waals surface area contributed by atoms with Gasteiger partial charge in [0.25, 0.3) is 0 Å². The first kappa shape index (κ1) is 49.0. The molecule has 71 heavy (non-hydrogen) atoms. The number of aromatic carboxylic acids is 1. The molecule has 0 aliphatic heterocycles. The summed E-state index contributed by atoms with van der Waals surface area (Å²) in [4.78, 5) is 45.2. The largest absolute Gasteiger partial charge is 0.478 e. The number of carbonyl (C=O) groups is 1. The molecule has 0 atom stereocenters. The number of carboxylic acids is 1. The predicted molar refractivity (Wildman–Crippen MR) is 281 cm³/mol. The summed E-state index contributed by atoms with van der Waals surface area (Å²) in [5, 5.41) is 44.8. The Morgan fingerprint density at radius 3 is 1.70 bits per heavy atom. The Balaban J connectivity index is 0.000000176. The Hall–Kier alpha value is -7.02. The van der Waals surface area contributed by atoms with Crippen molar-refractivity contribution in [3.8, 4) is 21.7 Å². The minimum Gasteiger partial charge on any atom is -0.478 e. The van der Waals surface area contributed by atoms with Crippen LogP contribution in [0.4, 0.5) is 23.5 Å². The van der Waals surface area contributed by atoms with Crippen LogP contribution in [0.3, 0.4) is 0 Å². The molecule has 2 saturated carbocycles. The smallest absolute Gasteiger partial charge is 0.335 e. The first-order chi connectivity index (χ1) is 34.2. The fourth-order valence-corrected chi connectivity index (χ4v) is 9.73. The van der Waals surface area contributed by atoms with E-state index in [0.29, 0.717) is 67.9 Å². The SMILES string of the molecule is CC(C)(O)CCNc1nc(NCc2ccc(-c3cccs3)cc2)c2ncn(C3CCCC3)c2n1.CC(C)(O)CNc1nc(NCc2ccc(-c3ccc(C(=O)O)cc3)nc2)c2ncn(C3CCCC3)c2n1. The molecule has 6 aromatic heterocycles. The average Bonchev–Trinajstić information content (AvgIpc) is 4.22. The maximum atomic E-state index is 11.1. The maximum absolute atomic E-state index is 11.1. The number of aliphatic hydroxyl groups is 2. The topological polar surface area (TPSA) is 226 Å². The van der Waals surface area contributed by atoms with Gasteiger partial charge in [0.05, 0.1) is 35.1 Å². The van der Waals surface area contributed by atoms with Crippen LogP contribution in [-0.4, -0.2) is 89.6 Å². The zero-order chi connectivity index (χ0) is 49.5. The molecule has 2 aliphatic rings. The number of pyridine rings is 1. The van der Waals surface area contributed by atoms with Crippen LogP contribution in [0.15, 0.2) is 97.0 Å². The predicted octanol–water partition coefficient (Wildman–Crippen LogP) is 10.4. The third-order valence-corrected chi connectivity index (χ3v) is 13.8. The van der Waals surface area contributed by atoms with Gasteiger partial charge in [0.15, 0.2) is 34.0 Å². The number of hydrogen-bond acceptors (Lipinski definition) is 15. The summed E-state index contributed by atoms with van der Waals surface area (Å²) < 4.78 is 4.36. The number of imidazole rings is 2. The molecular formula is C53H63N13O4S. The molecule has 2 fully saturated rings. The molecule has 0 saturated heterocycles. The number of fused-ring (bicyclic) bond motifs is 2. The molecule has 0 amide bonds. The van der Waals surface area contributed by atoms with E-state index in [1.54, 1.807) is 55.6 Å². The van der Waals surface area contributed by atoms with E-state index in [1.807, 2.05) is 38.6 Å². The van der Waals surface area contributed by atoms with Crippen molar-refractivity contribution in [2.45, 2.75) is 122 Å². The molecule has 0 radical (unpaired) electrons. The van der Waals surface area contributed by atoms with Crippen LogP contribution in [0.25, 0.3) is 44.0 Å². The standard InChI is InChI=1S/C27H31N7O3.C26H32N6OS/c1-27(2,37)15-30-26-32-23(22-24(33-26)34(16-31-22)20-5-3-4-6-20)29-14-17-7-12-21(28-13-17)18-8-10-19(11-9-18)25(35)36;1-26(2,33)13-14-27-25-30-23(22-24(31-25)32(17-29-22)20-6-3-4-7-20)28-16-18-9-11-19(12-10-18)21-8-5-15-34-21/h7-13,16,20,37H,3-6,14-15H2,1-2H3,(H,35,36)(H2,29,30,32,33);5,8-12,15,17,20,33H,3-4,6-7,13-14,16H2,1-2H3,(H2,27,28,30,31). The number of anilines is 4. The van der Waals surface area contributed by atoms with E-state index in [1.165, 1.54) is 41.7 Å². The lowest BCUT2D eigenvalue weighted by atomic mass is 10.1. The zero-order valence-corrected chi connectivity index (χ0v) is 41.6. The lowest BCUT2D eigenvalue weighted by Crippen LogP contribution is -2.30. The van der Waals surface area contributed by atoms with Gasteiger partial charge in [-0.05, 0) is 106 Å². The van der Waals surface area contributed by atoms with Gasteiger partial charge in [-0.15, -0.1) is 11.3 Å². The minimum atomic E-state index is -0.953. The molecule has 6 heterocycles. The fraction of sp³-hybridized carbons (Fsp3) is 0.396. The van der Waals surface area contributed by atoms with Crippen LogP contribution in [0.5, 0.6) is 0 Å². The van der Waals surface area contributed by atoms with Gasteiger partial charge in [0.2, 0.25) is 11.9 Å². The van der Waals surface area contributed by atoms with Crippen LogP contribution < -0.4 is 21.3 Å². The van der Waals surface area contributed by atoms with E-state index in [0.717, 1.165) is 65.1 Å². The average molecular weight is 978 g/mol. The van der Waals surface area contributed by atoms with Crippen molar-refractivity contribution in [2.24, 2.45) is 0 Å². The van der Waals surface area contributed by atoms with E-state index in [9.17, 15) is 15.0 Å². The summed E-state index contributed by atoms with van der Waals surface area (Å²) in [6.07, 6.45) is 15.6. The number of carboxylic acid groups (broad SMARTS) is 1. The Morgan fingerprint density at radius 2 is 1.20 bits per heavy atom. The summed E-state index contributed by atoms with van der Waals surface area (Å²) in [6.45, 7) is 9.13. The van der Waals surface area contributed by atoms with Crippen LogP contribution in [-0.2, 0) is 13.1 Å². The van der Waals surface area contributed by atoms with Gasteiger partial charge >= 0.3 is 5.97 Å². The molecule has 0 bridgehead atoms. The number of benzene rings is 2. The summed E-state index contributed by atoms with van der Waals surface area (Å²) >= 11 is 1.75. The third-order valence-electron chi connectivity index (χ3n) is 12.9. The fourth-order valence-electron chi connectivity index (χ4n) is 9.00. The summed E-state index contributed by atoms with van der Waals surface area (Å²) in [7, 11) is 0. The molecule has 2 aliphatic carbocycles. The second kappa shape index (κ2) is 21.5. The molecule has 17 nitrogen and oxygen atoms in total. The number of nitrogens with one attached hydrogen (secondary N) is 4. The Labute approximate surface area is 417 Å². The van der Waals surface area contributed by atoms with Crippen molar-refractivity contribution >= 4 is 63.2 Å². The Bertz CT molecular complexity index is 3020. The normalized spacial score (nSPS) is 14.5. The van der Waals surface area contributed by atoms with E-state index < -0.39 is 17.2 Å². The molecule has 0 unspecified atom stereocenters. The summed E-state index contributed by atoms with van der Waals surface area (Å²) in [6, 6.07) is 24.2. The lowest BCUT2D eigenvalue weighted by Gasteiger charge is -2.18. The number of rotatable bonds is 18. The van der Waals surface area contributed by atoms with Gasteiger partial charge in [-0.2, -0.15) is 19.9 Å². The molecular weight excluding hydrogens is 915 g/mol. The molecule has 18 heteroatoms. The quantitative estimate of drug-likeness (QED) is 0.0425. The number of nitrogens with zero attached hydrogens (tertiary/aromatic N) is 9. The second-order valence-electron chi connectivity index (χ2n) is 19.8. The van der Waals surface area contributed by atoms with E-state index in [4.69, 9.17) is 25.0 Å². The second-order valence-corrected chi connectivity index (χ2v) is 20.7. The monoisotopic (exact) mass is 977 g/mol. The van der Waals surface area contributed by atoms with Crippen molar-refractivity contribution in [1.29, 1.82) is 0 Å². The highest BCUT2D eigenvalue weighted by Crippen LogP contribution is 2.35. The molecule has 7 N–H and O–H groups in total. The molecule has 0 spiro atoms. The van der Waals surface area contributed by atoms with Gasteiger partial charge in [0.1, 0.15) is 0 Å². The van der Waals surface area contributed by atoms with E-state index >= 15 is 0 Å². The molecule has 2 aromatic carbocycles. The third kappa shape index (κ3) is 12.5. The van der Waals surface area contributed by atoms with Crippen LogP contribution >= 0.6 is 11.3 Å². The number of thiophene rings is 1. The van der Waals surface area contributed by atoms with Crippen molar-refractivity contribution in [1.82, 2.24) is 44.0 Å². The molecule has 10 rings (SSSR count). The summed E-state index contributed by atoms with van der Waals surface area (Å²) in [5.41, 5.74) is 6.74. The maximum Gasteiger partial charge on any atom is 0.335 e. The highest BCUT2D eigenvalue weighted by atomic mass is 32.1. The van der Waals surface area contributed by atoms with Crippen molar-refractivity contribution in [3.05, 3.63) is 114 Å². The summed E-state index contributed by atoms with van der Waals surface area (Å²) in [5.74, 6) is 1.40. The first-order valence-corrected chi connectivity index (χ1v) is 25.4. The highest BCUT2D eigenvalue weighted by Gasteiger charge is 2.24. The van der Waals surface area contributed by atoms with Crippen molar-refractivity contribution in [2.75, 3.05) is 34.4 Å². The first-order valence-electron chi connectivity index (χ1n) is 24.5. The lowest BCUT2D eigenvalue weighted by molar-refractivity contribution is 0.0695. The van der Waals surface area contributed by atoms with Crippen molar-refractivity contribution < 1.29 is 20.1 Å². The zero-order valence-electron chi connectivity index (χ0n) is 40.8. The van der Waals surface area contributed by atoms with Gasteiger partial charge < -0.3 is 45.7 Å². The minimum absolute atomic E-state index is 0.243. The van der Waals surface area contributed by atoms with Crippen molar-refractivity contribution in [3.63, 3.8) is 0 Å². The van der Waals surface area contributed by atoms with Gasteiger partial charge in [0, 0.05) is 54.9 Å². The number of aromatic nitrogens is 9. The van der Waals surface area contributed by atoms with Gasteiger partial charge in [-0.3, -0.25) is 4.98 Å². The number of hydrogen-bond donors (Lipinski definition) is 7. The Kier molecular flexibility index (Phi) is 14.9. The Morgan fingerprint density at radius 1 is 0.648 bits per heavy atom. The van der Waals surface area contributed by atoms with Crippen LogP contribution in [0.1, 0.15) is 119 Å². The molecule has 370 valence electrons.